The summed E-state index contributed by atoms with van der Waals surface area (Å²) >= 11 is 0. The zero-order valence-electron chi connectivity index (χ0n) is 17.1. The molecule has 1 fully saturated rings. The van der Waals surface area contributed by atoms with E-state index < -0.39 is 10.0 Å². The average molecular weight is 421 g/mol. The summed E-state index contributed by atoms with van der Waals surface area (Å²) in [7, 11) is -0.556. The van der Waals surface area contributed by atoms with Crippen LogP contribution in [0.5, 0.6) is 17.2 Å². The van der Waals surface area contributed by atoms with E-state index in [1.165, 1.54) is 30.2 Å². The van der Waals surface area contributed by atoms with Crippen molar-refractivity contribution in [2.75, 3.05) is 47.0 Å². The Bertz CT molecular complexity index is 907. The summed E-state index contributed by atoms with van der Waals surface area (Å²) in [5.74, 6) is 1.77. The largest absolute Gasteiger partial charge is 0.494 e. The molecule has 1 aliphatic heterocycles. The summed E-state index contributed by atoms with van der Waals surface area (Å²) < 4.78 is 43.5. The number of rotatable bonds is 8. The second-order valence-corrected chi connectivity index (χ2v) is 8.71. The number of ether oxygens (including phenoxy) is 3. The van der Waals surface area contributed by atoms with Crippen LogP contribution in [0.2, 0.25) is 0 Å². The Balaban J connectivity index is 1.62. The fraction of sp³-hybridized carbons (Fsp3) is 0.429. The van der Waals surface area contributed by atoms with E-state index in [9.17, 15) is 8.42 Å². The standard InChI is InChI=1S/C21H28N2O5S/c1-4-28-18-7-5-17(6-8-18)16-22-11-13-23(14-12-22)29(24,25)19-9-10-20(26-2)21(15-19)27-3/h5-10,15H,4,11-14,16H2,1-3H3. The number of sulfonamides is 1. The minimum absolute atomic E-state index is 0.218. The molecule has 1 heterocycles. The number of nitrogens with zero attached hydrogens (tertiary/aromatic N) is 2. The van der Waals surface area contributed by atoms with Gasteiger partial charge in [-0.15, -0.1) is 0 Å². The quantitative estimate of drug-likeness (QED) is 0.654. The molecule has 0 amide bonds. The van der Waals surface area contributed by atoms with Gasteiger partial charge >= 0.3 is 0 Å². The van der Waals surface area contributed by atoms with Crippen molar-refractivity contribution in [1.29, 1.82) is 0 Å². The van der Waals surface area contributed by atoms with Gasteiger partial charge in [-0.2, -0.15) is 4.31 Å². The molecule has 158 valence electrons. The van der Waals surface area contributed by atoms with Crippen LogP contribution >= 0.6 is 0 Å². The average Bonchev–Trinajstić information content (AvgIpc) is 2.75. The van der Waals surface area contributed by atoms with Crippen molar-refractivity contribution in [2.24, 2.45) is 0 Å². The zero-order chi connectivity index (χ0) is 20.9. The number of benzene rings is 2. The van der Waals surface area contributed by atoms with Gasteiger partial charge in [-0.25, -0.2) is 8.42 Å². The molecular formula is C21H28N2O5S. The van der Waals surface area contributed by atoms with E-state index in [4.69, 9.17) is 14.2 Å². The van der Waals surface area contributed by atoms with E-state index in [0.717, 1.165) is 12.3 Å². The van der Waals surface area contributed by atoms with Gasteiger partial charge in [-0.1, -0.05) is 12.1 Å². The Labute approximate surface area is 172 Å². The molecule has 29 heavy (non-hydrogen) atoms. The molecule has 8 heteroatoms. The van der Waals surface area contributed by atoms with Crippen molar-refractivity contribution in [1.82, 2.24) is 9.21 Å². The minimum atomic E-state index is -3.57. The number of hydrogen-bond acceptors (Lipinski definition) is 6. The molecule has 1 saturated heterocycles. The van der Waals surface area contributed by atoms with Crippen LogP contribution in [0.1, 0.15) is 12.5 Å². The van der Waals surface area contributed by atoms with Gasteiger partial charge in [0.25, 0.3) is 0 Å². The minimum Gasteiger partial charge on any atom is -0.494 e. The topological polar surface area (TPSA) is 68.3 Å². The molecule has 0 unspecified atom stereocenters. The molecule has 0 aliphatic carbocycles. The Morgan fingerprint density at radius 1 is 0.897 bits per heavy atom. The first-order valence-electron chi connectivity index (χ1n) is 9.64. The summed E-state index contributed by atoms with van der Waals surface area (Å²) in [6.07, 6.45) is 0. The van der Waals surface area contributed by atoms with Crippen molar-refractivity contribution >= 4 is 10.0 Å². The van der Waals surface area contributed by atoms with Crippen LogP contribution in [-0.2, 0) is 16.6 Å². The summed E-state index contributed by atoms with van der Waals surface area (Å²) in [6, 6.07) is 12.7. The van der Waals surface area contributed by atoms with Crippen LogP contribution in [0.4, 0.5) is 0 Å². The van der Waals surface area contributed by atoms with Gasteiger partial charge < -0.3 is 14.2 Å². The number of hydrogen-bond donors (Lipinski definition) is 0. The summed E-state index contributed by atoms with van der Waals surface area (Å²) in [5, 5.41) is 0. The lowest BCUT2D eigenvalue weighted by molar-refractivity contribution is 0.181. The maximum atomic E-state index is 13.0. The lowest BCUT2D eigenvalue weighted by atomic mass is 10.2. The van der Waals surface area contributed by atoms with Crippen molar-refractivity contribution in [2.45, 2.75) is 18.4 Å². The molecule has 2 aromatic rings. The highest BCUT2D eigenvalue weighted by molar-refractivity contribution is 7.89. The van der Waals surface area contributed by atoms with Crippen molar-refractivity contribution in [3.8, 4) is 17.2 Å². The second kappa shape index (κ2) is 9.47. The maximum absolute atomic E-state index is 13.0. The van der Waals surface area contributed by atoms with E-state index in [-0.39, 0.29) is 4.90 Å². The zero-order valence-corrected chi connectivity index (χ0v) is 17.9. The smallest absolute Gasteiger partial charge is 0.243 e. The predicted octanol–water partition coefficient (Wildman–Crippen LogP) is 2.61. The summed E-state index contributed by atoms with van der Waals surface area (Å²) in [5.41, 5.74) is 1.18. The lowest BCUT2D eigenvalue weighted by Gasteiger charge is -2.34. The molecule has 0 bridgehead atoms. The highest BCUT2D eigenvalue weighted by atomic mass is 32.2. The summed E-state index contributed by atoms with van der Waals surface area (Å²) in [6.45, 7) is 5.66. The van der Waals surface area contributed by atoms with E-state index in [2.05, 4.69) is 17.0 Å². The highest BCUT2D eigenvalue weighted by Gasteiger charge is 2.29. The van der Waals surface area contributed by atoms with Crippen molar-refractivity contribution < 1.29 is 22.6 Å². The van der Waals surface area contributed by atoms with Gasteiger partial charge in [0, 0.05) is 38.8 Å². The molecule has 7 nitrogen and oxygen atoms in total. The van der Waals surface area contributed by atoms with E-state index >= 15 is 0 Å². The third kappa shape index (κ3) is 5.01. The van der Waals surface area contributed by atoms with Gasteiger partial charge in [-0.3, -0.25) is 4.90 Å². The van der Waals surface area contributed by atoms with Crippen LogP contribution in [0.15, 0.2) is 47.4 Å². The van der Waals surface area contributed by atoms with Crippen LogP contribution in [0.3, 0.4) is 0 Å². The van der Waals surface area contributed by atoms with E-state index in [1.807, 2.05) is 19.1 Å². The van der Waals surface area contributed by atoms with Gasteiger partial charge in [0.15, 0.2) is 11.5 Å². The van der Waals surface area contributed by atoms with Gasteiger partial charge in [0.2, 0.25) is 10.0 Å². The van der Waals surface area contributed by atoms with Gasteiger partial charge in [-0.05, 0) is 36.8 Å². The normalized spacial score (nSPS) is 15.8. The summed E-state index contributed by atoms with van der Waals surface area (Å²) in [4.78, 5) is 2.48. The molecule has 1 aliphatic rings. The first-order chi connectivity index (χ1) is 14.0. The Morgan fingerprint density at radius 2 is 1.55 bits per heavy atom. The van der Waals surface area contributed by atoms with Crippen LogP contribution < -0.4 is 14.2 Å². The monoisotopic (exact) mass is 420 g/mol. The highest BCUT2D eigenvalue weighted by Crippen LogP contribution is 2.31. The molecule has 0 aromatic heterocycles. The molecular weight excluding hydrogens is 392 g/mol. The molecule has 2 aromatic carbocycles. The maximum Gasteiger partial charge on any atom is 0.243 e. The number of methoxy groups -OCH3 is 2. The third-order valence-corrected chi connectivity index (χ3v) is 6.86. The van der Waals surface area contributed by atoms with Gasteiger partial charge in [0.1, 0.15) is 5.75 Å². The number of piperazine rings is 1. The van der Waals surface area contributed by atoms with Gasteiger partial charge in [0.05, 0.1) is 25.7 Å². The lowest BCUT2D eigenvalue weighted by Crippen LogP contribution is -2.48. The van der Waals surface area contributed by atoms with E-state index in [0.29, 0.717) is 44.3 Å². The first kappa shape index (κ1) is 21.4. The molecule has 0 atom stereocenters. The molecule has 0 radical (unpaired) electrons. The molecule has 3 rings (SSSR count). The van der Waals surface area contributed by atoms with Crippen molar-refractivity contribution in [3.05, 3.63) is 48.0 Å². The Kier molecular flexibility index (Phi) is 7.00. The Morgan fingerprint density at radius 3 is 2.14 bits per heavy atom. The predicted molar refractivity (Wildman–Crippen MR) is 111 cm³/mol. The molecule has 0 spiro atoms. The Hall–Kier alpha value is -2.29. The SMILES string of the molecule is CCOc1ccc(CN2CCN(S(=O)(=O)c3ccc(OC)c(OC)c3)CC2)cc1. The third-order valence-electron chi connectivity index (χ3n) is 4.96. The molecule has 0 N–H and O–H groups in total. The van der Waals surface area contributed by atoms with Crippen LogP contribution in [-0.4, -0.2) is 64.6 Å². The van der Waals surface area contributed by atoms with E-state index in [1.54, 1.807) is 12.1 Å². The van der Waals surface area contributed by atoms with Crippen LogP contribution in [0.25, 0.3) is 0 Å². The fourth-order valence-electron chi connectivity index (χ4n) is 3.37. The van der Waals surface area contributed by atoms with Crippen molar-refractivity contribution in [3.63, 3.8) is 0 Å². The fourth-order valence-corrected chi connectivity index (χ4v) is 4.81. The first-order valence-corrected chi connectivity index (χ1v) is 11.1. The van der Waals surface area contributed by atoms with Crippen LogP contribution in [0, 0.1) is 0 Å². The molecule has 0 saturated carbocycles. The second-order valence-electron chi connectivity index (χ2n) is 6.77.